The first kappa shape index (κ1) is 30.8. The summed E-state index contributed by atoms with van der Waals surface area (Å²) in [5.74, 6) is 1.85. The number of nitrogens with zero attached hydrogens (tertiary/aromatic N) is 7. The van der Waals surface area contributed by atoms with Crippen LogP contribution < -0.4 is 9.80 Å². The van der Waals surface area contributed by atoms with Crippen molar-refractivity contribution >= 4 is 28.6 Å². The Morgan fingerprint density at radius 1 is 1.00 bits per heavy atom. The van der Waals surface area contributed by atoms with Crippen LogP contribution in [-0.2, 0) is 35.3 Å². The van der Waals surface area contributed by atoms with Crippen LogP contribution in [0.3, 0.4) is 0 Å². The van der Waals surface area contributed by atoms with Crippen molar-refractivity contribution in [2.75, 3.05) is 29.5 Å². The minimum absolute atomic E-state index is 0.0897. The maximum atomic E-state index is 13.8. The standard InChI is InChI=1S/C33H38F3N7O2/c1-4-45-29(44)20-43-39-32(38-40-43)42(18-25-12-21(2)13-28(14-25)33(34,35)36)19-27-15-26-7-5-6-22(3)30(26)37-31(27)41(16-23-8-9-23)17-24-10-11-24/h5-7,12-15,23-24H,4,8-11,16-20H2,1-3H3. The molecule has 0 N–H and O–H groups in total. The molecule has 0 radical (unpaired) electrons. The summed E-state index contributed by atoms with van der Waals surface area (Å²) in [5, 5.41) is 13.7. The molecular formula is C33H38F3N7O2. The fourth-order valence-corrected chi connectivity index (χ4v) is 5.73. The lowest BCUT2D eigenvalue weighted by Gasteiger charge is -2.29. The summed E-state index contributed by atoms with van der Waals surface area (Å²) in [6, 6.07) is 12.3. The summed E-state index contributed by atoms with van der Waals surface area (Å²) in [5.41, 5.74) is 3.20. The van der Waals surface area contributed by atoms with Crippen molar-refractivity contribution in [3.05, 3.63) is 70.3 Å². The van der Waals surface area contributed by atoms with Gasteiger partial charge >= 0.3 is 12.1 Å². The summed E-state index contributed by atoms with van der Waals surface area (Å²) in [6.07, 6.45) is 0.344. The number of carbonyl (C=O) groups is 1. The zero-order valence-electron chi connectivity index (χ0n) is 25.8. The Labute approximate surface area is 260 Å². The zero-order chi connectivity index (χ0) is 31.7. The van der Waals surface area contributed by atoms with E-state index < -0.39 is 17.7 Å². The summed E-state index contributed by atoms with van der Waals surface area (Å²) >= 11 is 0. The van der Waals surface area contributed by atoms with E-state index in [-0.39, 0.29) is 32.2 Å². The molecule has 2 heterocycles. The highest BCUT2D eigenvalue weighted by Crippen LogP contribution is 2.38. The minimum Gasteiger partial charge on any atom is -0.465 e. The number of hydrogen-bond donors (Lipinski definition) is 0. The van der Waals surface area contributed by atoms with Crippen LogP contribution in [0.25, 0.3) is 10.9 Å². The molecule has 2 aromatic heterocycles. The summed E-state index contributed by atoms with van der Waals surface area (Å²) in [6.45, 7) is 7.63. The molecule has 4 aromatic rings. The minimum atomic E-state index is -4.48. The third kappa shape index (κ3) is 7.72. The number of aromatic nitrogens is 5. The van der Waals surface area contributed by atoms with Crippen molar-refractivity contribution in [1.82, 2.24) is 25.2 Å². The third-order valence-corrected chi connectivity index (χ3v) is 8.25. The Morgan fingerprint density at radius 3 is 2.40 bits per heavy atom. The number of benzene rings is 2. The van der Waals surface area contributed by atoms with Crippen molar-refractivity contribution in [2.24, 2.45) is 11.8 Å². The molecule has 45 heavy (non-hydrogen) atoms. The van der Waals surface area contributed by atoms with Crippen LogP contribution in [0.5, 0.6) is 0 Å². The third-order valence-electron chi connectivity index (χ3n) is 8.25. The number of esters is 1. The molecule has 2 aliphatic rings. The Hall–Kier alpha value is -4.22. The molecule has 0 saturated heterocycles. The molecule has 0 amide bonds. The lowest BCUT2D eigenvalue weighted by atomic mass is 10.0. The van der Waals surface area contributed by atoms with Gasteiger partial charge in [-0.1, -0.05) is 34.9 Å². The van der Waals surface area contributed by atoms with E-state index in [1.165, 1.54) is 31.7 Å². The van der Waals surface area contributed by atoms with Crippen LogP contribution in [0, 0.1) is 25.7 Å². The van der Waals surface area contributed by atoms with Crippen molar-refractivity contribution in [2.45, 2.75) is 72.3 Å². The van der Waals surface area contributed by atoms with Gasteiger partial charge in [0.15, 0.2) is 6.54 Å². The predicted octanol–water partition coefficient (Wildman–Crippen LogP) is 6.25. The maximum absolute atomic E-state index is 13.8. The average Bonchev–Trinajstić information content (AvgIpc) is 3.92. The molecule has 0 bridgehead atoms. The predicted molar refractivity (Wildman–Crippen MR) is 165 cm³/mol. The number of halogens is 3. The fraction of sp³-hybridized carbons (Fsp3) is 0.485. The van der Waals surface area contributed by atoms with Gasteiger partial charge in [-0.3, -0.25) is 0 Å². The van der Waals surface area contributed by atoms with Crippen LogP contribution >= 0.6 is 0 Å². The quantitative estimate of drug-likeness (QED) is 0.162. The Kier molecular flexibility index (Phi) is 8.65. The largest absolute Gasteiger partial charge is 0.465 e. The second kappa shape index (κ2) is 12.6. The van der Waals surface area contributed by atoms with E-state index >= 15 is 0 Å². The smallest absolute Gasteiger partial charge is 0.416 e. The number of hydrogen-bond acceptors (Lipinski definition) is 8. The van der Waals surface area contributed by atoms with Crippen LogP contribution in [-0.4, -0.2) is 50.9 Å². The monoisotopic (exact) mass is 621 g/mol. The molecule has 6 rings (SSSR count). The fourth-order valence-electron chi connectivity index (χ4n) is 5.73. The summed E-state index contributed by atoms with van der Waals surface area (Å²) < 4.78 is 46.4. The van der Waals surface area contributed by atoms with E-state index in [4.69, 9.17) is 9.72 Å². The van der Waals surface area contributed by atoms with E-state index in [2.05, 4.69) is 39.4 Å². The van der Waals surface area contributed by atoms with Gasteiger partial charge in [0.1, 0.15) is 5.82 Å². The highest BCUT2D eigenvalue weighted by molar-refractivity contribution is 5.84. The van der Waals surface area contributed by atoms with Gasteiger partial charge in [-0.2, -0.15) is 18.0 Å². The second-order valence-corrected chi connectivity index (χ2v) is 12.4. The van der Waals surface area contributed by atoms with Crippen molar-refractivity contribution in [3.8, 4) is 0 Å². The van der Waals surface area contributed by atoms with Gasteiger partial charge in [-0.15, -0.1) is 5.10 Å². The summed E-state index contributed by atoms with van der Waals surface area (Å²) in [4.78, 5) is 22.7. The summed E-state index contributed by atoms with van der Waals surface area (Å²) in [7, 11) is 0. The van der Waals surface area contributed by atoms with Crippen LogP contribution in [0.2, 0.25) is 0 Å². The topological polar surface area (TPSA) is 89.3 Å². The molecule has 2 aromatic carbocycles. The normalized spacial score (nSPS) is 15.0. The molecule has 0 spiro atoms. The number of tetrazole rings is 1. The molecule has 0 atom stereocenters. The van der Waals surface area contributed by atoms with Crippen LogP contribution in [0.15, 0.2) is 42.5 Å². The number of pyridine rings is 1. The number of fused-ring (bicyclic) bond motifs is 1. The number of rotatable bonds is 13. The van der Waals surface area contributed by atoms with Crippen molar-refractivity contribution in [3.63, 3.8) is 0 Å². The first-order chi connectivity index (χ1) is 21.6. The first-order valence-corrected chi connectivity index (χ1v) is 15.6. The van der Waals surface area contributed by atoms with Gasteiger partial charge in [-0.05, 0) is 92.8 Å². The Morgan fingerprint density at radius 2 is 1.73 bits per heavy atom. The van der Waals surface area contributed by atoms with Gasteiger partial charge in [0.2, 0.25) is 0 Å². The van der Waals surface area contributed by atoms with Crippen molar-refractivity contribution < 1.29 is 22.7 Å². The van der Waals surface area contributed by atoms with Gasteiger partial charge in [-0.25, -0.2) is 9.78 Å². The molecule has 12 heteroatoms. The molecular weight excluding hydrogens is 583 g/mol. The number of alkyl halides is 3. The van der Waals surface area contributed by atoms with Gasteiger partial charge in [0, 0.05) is 37.1 Å². The zero-order valence-corrected chi connectivity index (χ0v) is 25.8. The van der Waals surface area contributed by atoms with Crippen LogP contribution in [0.4, 0.5) is 24.9 Å². The number of ether oxygens (including phenoxy) is 1. The Balaban J connectivity index is 1.41. The molecule has 2 aliphatic carbocycles. The number of aryl methyl sites for hydroxylation is 2. The molecule has 238 valence electrons. The SMILES string of the molecule is CCOC(=O)Cn1nnc(N(Cc2cc(C)cc(C(F)(F)F)c2)Cc2cc3cccc(C)c3nc2N(CC2CC2)CC2CC2)n1. The van der Waals surface area contributed by atoms with E-state index in [1.54, 1.807) is 24.8 Å². The number of para-hydroxylation sites is 1. The molecule has 2 fully saturated rings. The highest BCUT2D eigenvalue weighted by atomic mass is 19.4. The van der Waals surface area contributed by atoms with Crippen LogP contribution in [0.1, 0.15) is 60.4 Å². The molecule has 2 saturated carbocycles. The number of anilines is 2. The van der Waals surface area contributed by atoms with E-state index in [1.807, 2.05) is 12.1 Å². The average molecular weight is 622 g/mol. The first-order valence-electron chi connectivity index (χ1n) is 15.6. The second-order valence-electron chi connectivity index (χ2n) is 12.4. The van der Waals surface area contributed by atoms with E-state index in [0.717, 1.165) is 51.8 Å². The van der Waals surface area contributed by atoms with Gasteiger partial charge in [0.25, 0.3) is 5.95 Å². The maximum Gasteiger partial charge on any atom is 0.416 e. The lowest BCUT2D eigenvalue weighted by Crippen LogP contribution is -2.32. The molecule has 0 aliphatic heterocycles. The number of carbonyl (C=O) groups excluding carboxylic acids is 1. The highest BCUT2D eigenvalue weighted by Gasteiger charge is 2.33. The molecule has 0 unspecified atom stereocenters. The lowest BCUT2D eigenvalue weighted by molar-refractivity contribution is -0.144. The van der Waals surface area contributed by atoms with Gasteiger partial charge < -0.3 is 14.5 Å². The van der Waals surface area contributed by atoms with Gasteiger partial charge in [0.05, 0.1) is 17.7 Å². The van der Waals surface area contributed by atoms with E-state index in [9.17, 15) is 18.0 Å². The Bertz CT molecular complexity index is 1670. The van der Waals surface area contributed by atoms with E-state index in [0.29, 0.717) is 23.0 Å². The van der Waals surface area contributed by atoms with Crippen molar-refractivity contribution in [1.29, 1.82) is 0 Å². The molecule has 9 nitrogen and oxygen atoms in total.